The molecule has 0 fully saturated rings. The summed E-state index contributed by atoms with van der Waals surface area (Å²) in [6, 6.07) is 5.01. The fourth-order valence-electron chi connectivity index (χ4n) is 3.03. The average Bonchev–Trinajstić information content (AvgIpc) is 2.67. The van der Waals surface area contributed by atoms with Gasteiger partial charge in [-0.25, -0.2) is 18.0 Å². The highest BCUT2D eigenvalue weighted by molar-refractivity contribution is 5.95. The van der Waals surface area contributed by atoms with Gasteiger partial charge in [0.15, 0.2) is 0 Å². The Morgan fingerprint density at radius 1 is 1.28 bits per heavy atom. The van der Waals surface area contributed by atoms with Gasteiger partial charge in [0, 0.05) is 22.9 Å². The average molecular weight is 404 g/mol. The van der Waals surface area contributed by atoms with E-state index in [1.165, 1.54) is 6.07 Å². The molecule has 0 saturated carbocycles. The van der Waals surface area contributed by atoms with Gasteiger partial charge in [0.05, 0.1) is 24.8 Å². The summed E-state index contributed by atoms with van der Waals surface area (Å²) in [5.74, 6) is -3.23. The Labute approximate surface area is 163 Å². The maximum absolute atomic E-state index is 13.9. The third-order valence-electron chi connectivity index (χ3n) is 4.44. The van der Waals surface area contributed by atoms with Crippen molar-refractivity contribution >= 4 is 17.6 Å². The van der Waals surface area contributed by atoms with Crippen molar-refractivity contribution in [3.63, 3.8) is 0 Å². The number of nitrogens with zero attached hydrogens (tertiary/aromatic N) is 2. The number of carbonyl (C=O) groups excluding carboxylic acids is 2. The Morgan fingerprint density at radius 2 is 2.03 bits per heavy atom. The summed E-state index contributed by atoms with van der Waals surface area (Å²) in [5.41, 5.74) is 0.133. The van der Waals surface area contributed by atoms with Gasteiger partial charge in [0.2, 0.25) is 5.91 Å². The molecule has 1 aliphatic rings. The first kappa shape index (κ1) is 20.2. The van der Waals surface area contributed by atoms with Crippen LogP contribution in [0, 0.1) is 28.8 Å². The molecule has 0 unspecified atom stereocenters. The molecule has 1 heterocycles. The number of amides is 3. The van der Waals surface area contributed by atoms with Gasteiger partial charge >= 0.3 is 6.03 Å². The van der Waals surface area contributed by atoms with Crippen LogP contribution in [0.1, 0.15) is 22.7 Å². The number of fused-ring (bicyclic) bond motifs is 1. The fraction of sp³-hybridized carbons (Fsp3) is 0.211. The molecule has 2 aromatic carbocycles. The van der Waals surface area contributed by atoms with E-state index in [-0.39, 0.29) is 28.9 Å². The van der Waals surface area contributed by atoms with Crippen LogP contribution in [0.25, 0.3) is 0 Å². The molecule has 1 aliphatic heterocycles. The number of hydrogen-bond acceptors (Lipinski definition) is 4. The standard InChI is InChI=1S/C19H15F3N4O3/c20-10-1-2-11(15(22)5-10)17(9-27)24-18(28)8-26-7-13-12(6-23)14(21)3-4-16(13)25-19(26)29/h1-5,17,27H,7-9H2,(H,24,28)(H,25,29)/t17-/m1/s1. The lowest BCUT2D eigenvalue weighted by Crippen LogP contribution is -2.46. The summed E-state index contributed by atoms with van der Waals surface area (Å²) in [7, 11) is 0. The van der Waals surface area contributed by atoms with Crippen LogP contribution in [0.5, 0.6) is 0 Å². The number of urea groups is 1. The number of carbonyl (C=O) groups is 2. The van der Waals surface area contributed by atoms with E-state index in [0.717, 1.165) is 23.1 Å². The molecule has 3 amide bonds. The quantitative estimate of drug-likeness (QED) is 0.710. The molecule has 0 radical (unpaired) electrons. The van der Waals surface area contributed by atoms with E-state index in [1.807, 2.05) is 0 Å². The SMILES string of the molecule is N#Cc1c(F)ccc2c1CN(CC(=O)N[C@H](CO)c1ccc(F)cc1F)C(=O)N2. The molecule has 3 N–H and O–H groups in total. The summed E-state index contributed by atoms with van der Waals surface area (Å²) < 4.78 is 40.8. The first-order chi connectivity index (χ1) is 13.8. The summed E-state index contributed by atoms with van der Waals surface area (Å²) in [5, 5.41) is 23.4. The van der Waals surface area contributed by atoms with Crippen molar-refractivity contribution in [3.8, 4) is 6.07 Å². The van der Waals surface area contributed by atoms with Crippen LogP contribution in [0.2, 0.25) is 0 Å². The molecule has 0 aliphatic carbocycles. The zero-order chi connectivity index (χ0) is 21.1. The van der Waals surface area contributed by atoms with Crippen LogP contribution in [-0.4, -0.2) is 35.1 Å². The van der Waals surface area contributed by atoms with Gasteiger partial charge in [-0.1, -0.05) is 6.07 Å². The number of hydrogen-bond donors (Lipinski definition) is 3. The Hall–Kier alpha value is -3.58. The molecule has 7 nitrogen and oxygen atoms in total. The van der Waals surface area contributed by atoms with E-state index in [2.05, 4.69) is 10.6 Å². The fourth-order valence-corrected chi connectivity index (χ4v) is 3.03. The van der Waals surface area contributed by atoms with Crippen LogP contribution in [0.15, 0.2) is 30.3 Å². The number of aliphatic hydroxyl groups excluding tert-OH is 1. The van der Waals surface area contributed by atoms with E-state index in [9.17, 15) is 27.9 Å². The highest BCUT2D eigenvalue weighted by Gasteiger charge is 2.28. The lowest BCUT2D eigenvalue weighted by molar-refractivity contribution is -0.122. The van der Waals surface area contributed by atoms with Crippen molar-refractivity contribution in [2.24, 2.45) is 0 Å². The van der Waals surface area contributed by atoms with Gasteiger partial charge in [-0.05, 0) is 18.2 Å². The molecule has 29 heavy (non-hydrogen) atoms. The first-order valence-electron chi connectivity index (χ1n) is 8.46. The second-order valence-corrected chi connectivity index (χ2v) is 6.32. The molecule has 10 heteroatoms. The van der Waals surface area contributed by atoms with E-state index >= 15 is 0 Å². The van der Waals surface area contributed by atoms with Crippen LogP contribution < -0.4 is 10.6 Å². The summed E-state index contributed by atoms with van der Waals surface area (Å²) in [6.07, 6.45) is 0. The largest absolute Gasteiger partial charge is 0.394 e. The molecular formula is C19H15F3N4O3. The number of benzene rings is 2. The van der Waals surface area contributed by atoms with Crippen LogP contribution in [-0.2, 0) is 11.3 Å². The van der Waals surface area contributed by atoms with E-state index in [1.54, 1.807) is 6.07 Å². The minimum atomic E-state index is -1.16. The second kappa shape index (κ2) is 8.20. The van der Waals surface area contributed by atoms with Crippen LogP contribution in [0.4, 0.5) is 23.7 Å². The van der Waals surface area contributed by atoms with Crippen molar-refractivity contribution in [2.75, 3.05) is 18.5 Å². The number of nitriles is 1. The molecule has 150 valence electrons. The zero-order valence-electron chi connectivity index (χ0n) is 14.9. The molecule has 0 bridgehead atoms. The maximum atomic E-state index is 13.9. The van der Waals surface area contributed by atoms with Gasteiger partial charge < -0.3 is 20.6 Å². The second-order valence-electron chi connectivity index (χ2n) is 6.32. The van der Waals surface area contributed by atoms with Crippen molar-refractivity contribution < 1.29 is 27.9 Å². The Kier molecular flexibility index (Phi) is 5.70. The van der Waals surface area contributed by atoms with Gasteiger partial charge in [-0.15, -0.1) is 0 Å². The van der Waals surface area contributed by atoms with Crippen molar-refractivity contribution in [1.82, 2.24) is 10.2 Å². The number of nitrogens with one attached hydrogen (secondary N) is 2. The van der Waals surface area contributed by atoms with E-state index < -0.39 is 48.6 Å². The molecule has 0 spiro atoms. The van der Waals surface area contributed by atoms with Gasteiger partial charge in [0.25, 0.3) is 0 Å². The summed E-state index contributed by atoms with van der Waals surface area (Å²) >= 11 is 0. The highest BCUT2D eigenvalue weighted by atomic mass is 19.1. The maximum Gasteiger partial charge on any atom is 0.322 e. The molecule has 0 aromatic heterocycles. The van der Waals surface area contributed by atoms with E-state index in [4.69, 9.17) is 5.26 Å². The topological polar surface area (TPSA) is 105 Å². The first-order valence-corrected chi connectivity index (χ1v) is 8.46. The van der Waals surface area contributed by atoms with Crippen molar-refractivity contribution in [2.45, 2.75) is 12.6 Å². The van der Waals surface area contributed by atoms with Crippen molar-refractivity contribution in [3.05, 3.63) is 64.5 Å². The van der Waals surface area contributed by atoms with Crippen LogP contribution in [0.3, 0.4) is 0 Å². The highest BCUT2D eigenvalue weighted by Crippen LogP contribution is 2.28. The minimum Gasteiger partial charge on any atom is -0.394 e. The Bertz CT molecular complexity index is 1020. The Balaban J connectivity index is 1.74. The molecule has 2 aromatic rings. The van der Waals surface area contributed by atoms with Crippen LogP contribution >= 0.6 is 0 Å². The van der Waals surface area contributed by atoms with Crippen molar-refractivity contribution in [1.29, 1.82) is 5.26 Å². The van der Waals surface area contributed by atoms with Gasteiger partial charge in [0.1, 0.15) is 30.1 Å². The predicted octanol–water partition coefficient (Wildman–Crippen LogP) is 2.17. The minimum absolute atomic E-state index is 0.121. The predicted molar refractivity (Wildman–Crippen MR) is 94.9 cm³/mol. The number of halogens is 3. The number of anilines is 1. The molecule has 3 rings (SSSR count). The normalized spacial score (nSPS) is 13.9. The zero-order valence-corrected chi connectivity index (χ0v) is 14.9. The molecule has 0 saturated heterocycles. The van der Waals surface area contributed by atoms with Gasteiger partial charge in [-0.3, -0.25) is 4.79 Å². The number of rotatable bonds is 5. The molecular weight excluding hydrogens is 389 g/mol. The Morgan fingerprint density at radius 3 is 2.69 bits per heavy atom. The number of aliphatic hydroxyl groups is 1. The lowest BCUT2D eigenvalue weighted by atomic mass is 10.0. The monoisotopic (exact) mass is 404 g/mol. The van der Waals surface area contributed by atoms with Gasteiger partial charge in [-0.2, -0.15) is 5.26 Å². The third kappa shape index (κ3) is 4.14. The lowest BCUT2D eigenvalue weighted by Gasteiger charge is -2.30. The third-order valence-corrected chi connectivity index (χ3v) is 4.44. The summed E-state index contributed by atoms with van der Waals surface area (Å²) in [4.78, 5) is 25.6. The smallest absolute Gasteiger partial charge is 0.322 e. The summed E-state index contributed by atoms with van der Waals surface area (Å²) in [6.45, 7) is -1.34. The van der Waals surface area contributed by atoms with E-state index in [0.29, 0.717) is 6.07 Å². The molecule has 1 atom stereocenters.